The number of hydrogen-bond donors (Lipinski definition) is 1. The highest BCUT2D eigenvalue weighted by Gasteiger charge is 2.47. The van der Waals surface area contributed by atoms with Crippen LogP contribution >= 0.6 is 0 Å². The Bertz CT molecular complexity index is 303. The Morgan fingerprint density at radius 3 is 2.53 bits per heavy atom. The third kappa shape index (κ3) is 2.61. The van der Waals surface area contributed by atoms with Crippen molar-refractivity contribution in [3.8, 4) is 0 Å². The van der Waals surface area contributed by atoms with Gasteiger partial charge in [0, 0.05) is 13.0 Å². The van der Waals surface area contributed by atoms with E-state index in [0.29, 0.717) is 31.7 Å². The average Bonchev–Trinajstić information content (AvgIpc) is 2.72. The molecule has 1 fully saturated rings. The van der Waals surface area contributed by atoms with Gasteiger partial charge in [0.15, 0.2) is 0 Å². The minimum Gasteiger partial charge on any atom is -0.479 e. The van der Waals surface area contributed by atoms with Crippen LogP contribution in [0.4, 0.5) is 0 Å². The highest BCUT2D eigenvalue weighted by atomic mass is 16.4. The van der Waals surface area contributed by atoms with Gasteiger partial charge in [-0.15, -0.1) is 0 Å². The molecule has 0 spiro atoms. The van der Waals surface area contributed by atoms with E-state index in [1.165, 1.54) is 0 Å². The zero-order chi connectivity index (χ0) is 13.1. The van der Waals surface area contributed by atoms with Crippen LogP contribution in [0.5, 0.6) is 0 Å². The van der Waals surface area contributed by atoms with Gasteiger partial charge < -0.3 is 10.0 Å². The number of likely N-dealkylation sites (tertiary alicyclic amines) is 1. The van der Waals surface area contributed by atoms with Gasteiger partial charge in [-0.2, -0.15) is 0 Å². The van der Waals surface area contributed by atoms with E-state index in [1.807, 2.05) is 13.8 Å². The number of carbonyl (C=O) groups is 2. The van der Waals surface area contributed by atoms with Crippen LogP contribution in [0, 0.1) is 5.92 Å². The van der Waals surface area contributed by atoms with Crippen molar-refractivity contribution < 1.29 is 14.7 Å². The second kappa shape index (κ2) is 5.52. The first-order valence-corrected chi connectivity index (χ1v) is 6.51. The molecule has 1 aliphatic rings. The molecule has 1 saturated heterocycles. The Hall–Kier alpha value is -1.06. The standard InChI is InChI=1S/C13H23NO3/c1-4-10(3)9-13(5-2,12(16)17)14-8-6-7-11(14)15/h10H,4-9H2,1-3H3,(H,16,17). The number of rotatable bonds is 6. The van der Waals surface area contributed by atoms with Crippen LogP contribution in [-0.4, -0.2) is 34.0 Å². The van der Waals surface area contributed by atoms with E-state index in [1.54, 1.807) is 4.90 Å². The summed E-state index contributed by atoms with van der Waals surface area (Å²) in [4.78, 5) is 25.1. The lowest BCUT2D eigenvalue weighted by Gasteiger charge is -2.39. The van der Waals surface area contributed by atoms with Crippen LogP contribution in [-0.2, 0) is 9.59 Å². The average molecular weight is 241 g/mol. The predicted octanol–water partition coefficient (Wildman–Crippen LogP) is 2.28. The van der Waals surface area contributed by atoms with Crippen molar-refractivity contribution in [2.45, 2.75) is 58.4 Å². The van der Waals surface area contributed by atoms with Gasteiger partial charge in [0.25, 0.3) is 0 Å². The molecule has 1 rings (SSSR count). The van der Waals surface area contributed by atoms with Gasteiger partial charge in [0.2, 0.25) is 5.91 Å². The van der Waals surface area contributed by atoms with Gasteiger partial charge in [-0.25, -0.2) is 4.79 Å². The lowest BCUT2D eigenvalue weighted by atomic mass is 9.83. The monoisotopic (exact) mass is 241 g/mol. The first kappa shape index (κ1) is 14.0. The summed E-state index contributed by atoms with van der Waals surface area (Å²) in [6.07, 6.45) is 3.26. The number of carbonyl (C=O) groups excluding carboxylic acids is 1. The molecule has 98 valence electrons. The van der Waals surface area contributed by atoms with E-state index in [9.17, 15) is 14.7 Å². The highest BCUT2D eigenvalue weighted by molar-refractivity contribution is 5.88. The quantitative estimate of drug-likeness (QED) is 0.776. The fourth-order valence-corrected chi connectivity index (χ4v) is 2.62. The summed E-state index contributed by atoms with van der Waals surface area (Å²) in [7, 11) is 0. The zero-order valence-electron chi connectivity index (χ0n) is 11.0. The normalized spacial score (nSPS) is 21.4. The first-order chi connectivity index (χ1) is 7.97. The highest BCUT2D eigenvalue weighted by Crippen LogP contribution is 2.33. The molecule has 17 heavy (non-hydrogen) atoms. The minimum atomic E-state index is -0.983. The molecule has 4 heteroatoms. The summed E-state index contributed by atoms with van der Waals surface area (Å²) in [5.74, 6) is -0.535. The zero-order valence-corrected chi connectivity index (χ0v) is 11.0. The SMILES string of the molecule is CCC(C)CC(CC)(C(=O)O)N1CCCC1=O. The first-order valence-electron chi connectivity index (χ1n) is 6.51. The third-order valence-corrected chi connectivity index (χ3v) is 3.96. The van der Waals surface area contributed by atoms with Crippen molar-refractivity contribution in [1.29, 1.82) is 0 Å². The Labute approximate surface area is 103 Å². The van der Waals surface area contributed by atoms with Crippen molar-refractivity contribution in [2.24, 2.45) is 5.92 Å². The van der Waals surface area contributed by atoms with Crippen molar-refractivity contribution >= 4 is 11.9 Å². The molecule has 1 aliphatic heterocycles. The number of carboxylic acid groups (broad SMARTS) is 1. The van der Waals surface area contributed by atoms with E-state index in [4.69, 9.17) is 0 Å². The molecule has 0 bridgehead atoms. The summed E-state index contributed by atoms with van der Waals surface area (Å²) < 4.78 is 0. The molecular weight excluding hydrogens is 218 g/mol. The fourth-order valence-electron chi connectivity index (χ4n) is 2.62. The molecule has 0 aromatic carbocycles. The third-order valence-electron chi connectivity index (χ3n) is 3.96. The van der Waals surface area contributed by atoms with Crippen molar-refractivity contribution in [1.82, 2.24) is 4.90 Å². The topological polar surface area (TPSA) is 57.6 Å². The number of carboxylic acids is 1. The molecular formula is C13H23NO3. The predicted molar refractivity (Wildman–Crippen MR) is 65.7 cm³/mol. The second-order valence-electron chi connectivity index (χ2n) is 5.06. The largest absolute Gasteiger partial charge is 0.479 e. The molecule has 0 aromatic heterocycles. The van der Waals surface area contributed by atoms with E-state index in [-0.39, 0.29) is 5.91 Å². The molecule has 2 unspecified atom stereocenters. The molecule has 0 aromatic rings. The summed E-state index contributed by atoms with van der Waals surface area (Å²) in [5.41, 5.74) is -0.983. The molecule has 1 heterocycles. The molecule has 1 amide bonds. The van der Waals surface area contributed by atoms with Crippen LogP contribution in [0.15, 0.2) is 0 Å². The molecule has 4 nitrogen and oxygen atoms in total. The van der Waals surface area contributed by atoms with Crippen LogP contribution in [0.1, 0.15) is 52.9 Å². The summed E-state index contributed by atoms with van der Waals surface area (Å²) in [6.45, 7) is 6.56. The Morgan fingerprint density at radius 1 is 1.53 bits per heavy atom. The van der Waals surface area contributed by atoms with E-state index < -0.39 is 11.5 Å². The summed E-state index contributed by atoms with van der Waals surface area (Å²) in [5, 5.41) is 9.55. The van der Waals surface area contributed by atoms with Crippen LogP contribution in [0.25, 0.3) is 0 Å². The fraction of sp³-hybridized carbons (Fsp3) is 0.846. The van der Waals surface area contributed by atoms with Gasteiger partial charge in [-0.05, 0) is 25.2 Å². The van der Waals surface area contributed by atoms with Crippen LogP contribution in [0.2, 0.25) is 0 Å². The van der Waals surface area contributed by atoms with Crippen LogP contribution in [0.3, 0.4) is 0 Å². The van der Waals surface area contributed by atoms with Crippen molar-refractivity contribution in [3.63, 3.8) is 0 Å². The lowest BCUT2D eigenvalue weighted by molar-refractivity contribution is -0.159. The smallest absolute Gasteiger partial charge is 0.329 e. The molecule has 0 aliphatic carbocycles. The number of nitrogens with zero attached hydrogens (tertiary/aromatic N) is 1. The van der Waals surface area contributed by atoms with Gasteiger partial charge in [0.05, 0.1) is 0 Å². The molecule has 0 radical (unpaired) electrons. The summed E-state index contributed by atoms with van der Waals surface area (Å²) in [6, 6.07) is 0. The molecule has 1 N–H and O–H groups in total. The van der Waals surface area contributed by atoms with E-state index in [2.05, 4.69) is 6.92 Å². The van der Waals surface area contributed by atoms with Crippen molar-refractivity contribution in [3.05, 3.63) is 0 Å². The van der Waals surface area contributed by atoms with Gasteiger partial charge in [-0.3, -0.25) is 4.79 Å². The molecule has 0 saturated carbocycles. The van der Waals surface area contributed by atoms with Gasteiger partial charge in [0.1, 0.15) is 5.54 Å². The van der Waals surface area contributed by atoms with Crippen LogP contribution < -0.4 is 0 Å². The van der Waals surface area contributed by atoms with Gasteiger partial charge in [-0.1, -0.05) is 27.2 Å². The Kier molecular flexibility index (Phi) is 4.54. The van der Waals surface area contributed by atoms with Crippen molar-refractivity contribution in [2.75, 3.05) is 6.54 Å². The maximum Gasteiger partial charge on any atom is 0.329 e. The number of aliphatic carboxylic acids is 1. The molecule has 2 atom stereocenters. The van der Waals surface area contributed by atoms with E-state index in [0.717, 1.165) is 12.8 Å². The number of amides is 1. The van der Waals surface area contributed by atoms with Gasteiger partial charge >= 0.3 is 5.97 Å². The second-order valence-corrected chi connectivity index (χ2v) is 5.06. The van der Waals surface area contributed by atoms with E-state index >= 15 is 0 Å². The lowest BCUT2D eigenvalue weighted by Crippen LogP contribution is -2.55. The summed E-state index contributed by atoms with van der Waals surface area (Å²) >= 11 is 0. The maximum absolute atomic E-state index is 11.8. The minimum absolute atomic E-state index is 0.00227. The number of hydrogen-bond acceptors (Lipinski definition) is 2. The Morgan fingerprint density at radius 2 is 2.18 bits per heavy atom. The maximum atomic E-state index is 11.8. The Balaban J connectivity index is 2.99.